The monoisotopic (exact) mass is 211 g/mol. The molecule has 4 nitrogen and oxygen atoms in total. The van der Waals surface area contributed by atoms with Crippen LogP contribution in [0.2, 0.25) is 0 Å². The number of hydrogen-bond donors (Lipinski definition) is 1. The van der Waals surface area contributed by atoms with Crippen LogP contribution >= 0.6 is 0 Å². The van der Waals surface area contributed by atoms with Crippen molar-refractivity contribution < 1.29 is 14.3 Å². The zero-order valence-electron chi connectivity index (χ0n) is 9.14. The molecule has 0 radical (unpaired) electrons. The Bertz CT molecular complexity index is 293. The van der Waals surface area contributed by atoms with Crippen molar-refractivity contribution in [1.29, 1.82) is 0 Å². The number of likely N-dealkylation sites (N-methyl/N-ethyl adjacent to an activating group) is 1. The van der Waals surface area contributed by atoms with E-state index < -0.39 is 0 Å². The number of carbonyl (C=O) groups excluding carboxylic acids is 1. The van der Waals surface area contributed by atoms with Gasteiger partial charge < -0.3 is 9.52 Å². The average molecular weight is 211 g/mol. The van der Waals surface area contributed by atoms with Gasteiger partial charge in [0.2, 0.25) is 5.78 Å². The molecule has 1 unspecified atom stereocenters. The number of aliphatic hydroxyl groups is 1. The molecule has 4 heteroatoms. The van der Waals surface area contributed by atoms with Crippen molar-refractivity contribution in [3.8, 4) is 0 Å². The Morgan fingerprint density at radius 1 is 1.67 bits per heavy atom. The van der Waals surface area contributed by atoms with Gasteiger partial charge in [-0.1, -0.05) is 0 Å². The van der Waals surface area contributed by atoms with Gasteiger partial charge in [-0.05, 0) is 32.5 Å². The zero-order valence-corrected chi connectivity index (χ0v) is 9.14. The number of rotatable bonds is 6. The van der Waals surface area contributed by atoms with Gasteiger partial charge in [0, 0.05) is 6.54 Å². The second-order valence-corrected chi connectivity index (χ2v) is 3.78. The molecule has 0 amide bonds. The number of hydrogen-bond acceptors (Lipinski definition) is 4. The molecule has 0 bridgehead atoms. The Morgan fingerprint density at radius 2 is 2.40 bits per heavy atom. The lowest BCUT2D eigenvalue weighted by molar-refractivity contribution is 0.0904. The molecule has 84 valence electrons. The summed E-state index contributed by atoms with van der Waals surface area (Å²) in [6.07, 6.45) is 1.83. The molecule has 0 aliphatic rings. The molecule has 15 heavy (non-hydrogen) atoms. The molecule has 1 heterocycles. The molecule has 0 aliphatic heterocycles. The first kappa shape index (κ1) is 11.9. The minimum Gasteiger partial charge on any atom is -0.461 e. The highest BCUT2D eigenvalue weighted by Crippen LogP contribution is 2.02. The molecule has 0 aromatic carbocycles. The van der Waals surface area contributed by atoms with Gasteiger partial charge in [-0.15, -0.1) is 0 Å². The van der Waals surface area contributed by atoms with Crippen LogP contribution in [0.15, 0.2) is 22.8 Å². The van der Waals surface area contributed by atoms with E-state index in [1.807, 2.05) is 11.9 Å². The van der Waals surface area contributed by atoms with Crippen LogP contribution in [0, 0.1) is 0 Å². The van der Waals surface area contributed by atoms with Gasteiger partial charge in [-0.2, -0.15) is 0 Å². The van der Waals surface area contributed by atoms with E-state index >= 15 is 0 Å². The van der Waals surface area contributed by atoms with E-state index in [2.05, 4.69) is 0 Å². The Hall–Kier alpha value is -1.13. The van der Waals surface area contributed by atoms with E-state index in [4.69, 9.17) is 9.52 Å². The lowest BCUT2D eigenvalue weighted by Crippen LogP contribution is -2.28. The minimum absolute atomic E-state index is 0.0342. The van der Waals surface area contributed by atoms with Gasteiger partial charge in [0.05, 0.1) is 18.9 Å². The van der Waals surface area contributed by atoms with Crippen LogP contribution in [-0.4, -0.2) is 42.0 Å². The van der Waals surface area contributed by atoms with E-state index in [0.717, 1.165) is 0 Å². The van der Waals surface area contributed by atoms with Crippen LogP contribution in [-0.2, 0) is 0 Å². The number of nitrogens with zero attached hydrogens (tertiary/aromatic N) is 1. The molecular weight excluding hydrogens is 194 g/mol. The highest BCUT2D eigenvalue weighted by molar-refractivity contribution is 5.94. The van der Waals surface area contributed by atoms with Crippen LogP contribution in [0.4, 0.5) is 0 Å². The van der Waals surface area contributed by atoms with Crippen LogP contribution < -0.4 is 0 Å². The molecule has 0 saturated carbocycles. The van der Waals surface area contributed by atoms with Crippen molar-refractivity contribution in [2.45, 2.75) is 19.4 Å². The Labute approximate surface area is 89.5 Å². The van der Waals surface area contributed by atoms with Crippen LogP contribution in [0.3, 0.4) is 0 Å². The van der Waals surface area contributed by atoms with E-state index in [1.54, 1.807) is 19.1 Å². The summed E-state index contributed by atoms with van der Waals surface area (Å²) < 4.78 is 5.00. The summed E-state index contributed by atoms with van der Waals surface area (Å²) in [6.45, 7) is 2.76. The largest absolute Gasteiger partial charge is 0.461 e. The average Bonchev–Trinajstić information content (AvgIpc) is 2.67. The van der Waals surface area contributed by atoms with E-state index in [-0.39, 0.29) is 11.9 Å². The second-order valence-electron chi connectivity index (χ2n) is 3.78. The van der Waals surface area contributed by atoms with E-state index in [1.165, 1.54) is 6.26 Å². The summed E-state index contributed by atoms with van der Waals surface area (Å²) in [5.74, 6) is 0.354. The van der Waals surface area contributed by atoms with Gasteiger partial charge in [0.25, 0.3) is 0 Å². The predicted molar refractivity (Wildman–Crippen MR) is 56.8 cm³/mol. The fourth-order valence-corrected chi connectivity index (χ4v) is 1.25. The number of Topliss-reactive ketones (excluding diaryl/α,β-unsaturated/α-hetero) is 1. The maximum atomic E-state index is 11.6. The van der Waals surface area contributed by atoms with Crippen molar-refractivity contribution in [2.75, 3.05) is 20.1 Å². The summed E-state index contributed by atoms with van der Waals surface area (Å²) in [7, 11) is 1.85. The topological polar surface area (TPSA) is 53.7 Å². The SMILES string of the molecule is CC(O)CCN(C)CC(=O)c1ccco1. The third-order valence-corrected chi connectivity index (χ3v) is 2.14. The van der Waals surface area contributed by atoms with Gasteiger partial charge >= 0.3 is 0 Å². The van der Waals surface area contributed by atoms with Crippen molar-refractivity contribution in [3.63, 3.8) is 0 Å². The van der Waals surface area contributed by atoms with Gasteiger partial charge in [-0.25, -0.2) is 0 Å². The molecule has 0 fully saturated rings. The standard InChI is InChI=1S/C11H17NO3/c1-9(13)5-6-12(2)8-10(14)11-4-3-7-15-11/h3-4,7,9,13H,5-6,8H2,1-2H3. The lowest BCUT2D eigenvalue weighted by Gasteiger charge is -2.15. The highest BCUT2D eigenvalue weighted by atomic mass is 16.3. The van der Waals surface area contributed by atoms with Gasteiger partial charge in [0.1, 0.15) is 0 Å². The van der Waals surface area contributed by atoms with Crippen LogP contribution in [0.5, 0.6) is 0 Å². The smallest absolute Gasteiger partial charge is 0.211 e. The Morgan fingerprint density at radius 3 is 2.93 bits per heavy atom. The van der Waals surface area contributed by atoms with Crippen molar-refractivity contribution >= 4 is 5.78 Å². The molecular formula is C11H17NO3. The van der Waals surface area contributed by atoms with Crippen LogP contribution in [0.1, 0.15) is 23.9 Å². The third kappa shape index (κ3) is 4.27. The number of ketones is 1. The number of furan rings is 1. The van der Waals surface area contributed by atoms with Gasteiger partial charge in [0.15, 0.2) is 5.76 Å². The molecule has 0 spiro atoms. The quantitative estimate of drug-likeness (QED) is 0.717. The number of aliphatic hydroxyl groups excluding tert-OH is 1. The number of carbonyl (C=O) groups is 1. The second kappa shape index (κ2) is 5.68. The molecule has 1 atom stereocenters. The van der Waals surface area contributed by atoms with Crippen molar-refractivity contribution in [3.05, 3.63) is 24.2 Å². The molecule has 0 aliphatic carbocycles. The van der Waals surface area contributed by atoms with E-state index in [0.29, 0.717) is 25.3 Å². The maximum Gasteiger partial charge on any atom is 0.211 e. The van der Waals surface area contributed by atoms with Gasteiger partial charge in [-0.3, -0.25) is 9.69 Å². The van der Waals surface area contributed by atoms with Crippen molar-refractivity contribution in [1.82, 2.24) is 4.90 Å². The molecule has 1 aromatic heterocycles. The first-order chi connectivity index (χ1) is 7.09. The Balaban J connectivity index is 2.32. The fraction of sp³-hybridized carbons (Fsp3) is 0.545. The van der Waals surface area contributed by atoms with E-state index in [9.17, 15) is 4.79 Å². The Kier molecular flexibility index (Phi) is 4.52. The summed E-state index contributed by atoms with van der Waals surface area (Å²) in [4.78, 5) is 13.4. The predicted octanol–water partition coefficient (Wildman–Crippen LogP) is 1.16. The zero-order chi connectivity index (χ0) is 11.3. The summed E-state index contributed by atoms with van der Waals surface area (Å²) in [5, 5.41) is 9.09. The lowest BCUT2D eigenvalue weighted by atomic mass is 10.2. The summed E-state index contributed by atoms with van der Waals surface area (Å²) in [6, 6.07) is 3.36. The summed E-state index contributed by atoms with van der Waals surface area (Å²) >= 11 is 0. The third-order valence-electron chi connectivity index (χ3n) is 2.14. The first-order valence-electron chi connectivity index (χ1n) is 5.03. The van der Waals surface area contributed by atoms with Crippen LogP contribution in [0.25, 0.3) is 0 Å². The minimum atomic E-state index is -0.328. The highest BCUT2D eigenvalue weighted by Gasteiger charge is 2.11. The maximum absolute atomic E-state index is 11.6. The fourth-order valence-electron chi connectivity index (χ4n) is 1.25. The summed E-state index contributed by atoms with van der Waals surface area (Å²) in [5.41, 5.74) is 0. The van der Waals surface area contributed by atoms with Crippen molar-refractivity contribution in [2.24, 2.45) is 0 Å². The molecule has 1 aromatic rings. The molecule has 1 rings (SSSR count). The molecule has 0 saturated heterocycles. The molecule has 1 N–H and O–H groups in total. The normalized spacial score (nSPS) is 13.1. The first-order valence-corrected chi connectivity index (χ1v) is 5.03.